The Morgan fingerprint density at radius 3 is 2.23 bits per heavy atom. The van der Waals surface area contributed by atoms with E-state index in [0.29, 0.717) is 25.8 Å². The number of amides is 3. The van der Waals surface area contributed by atoms with Gasteiger partial charge in [0.2, 0.25) is 17.7 Å². The van der Waals surface area contributed by atoms with Gasteiger partial charge in [0.05, 0.1) is 6.04 Å². The van der Waals surface area contributed by atoms with Gasteiger partial charge in [0.15, 0.2) is 0 Å². The van der Waals surface area contributed by atoms with Gasteiger partial charge in [0.25, 0.3) is 0 Å². The number of carbonyl (C=O) groups excluding carboxylic acids is 3. The summed E-state index contributed by atoms with van der Waals surface area (Å²) in [5.41, 5.74) is 5.98. The number of hydrogen-bond donors (Lipinski definition) is 5. The molecule has 30 heavy (non-hydrogen) atoms. The second kappa shape index (κ2) is 12.1. The van der Waals surface area contributed by atoms with Crippen molar-refractivity contribution in [2.24, 2.45) is 17.6 Å². The van der Waals surface area contributed by atoms with E-state index in [1.165, 1.54) is 4.90 Å². The highest BCUT2D eigenvalue weighted by atomic mass is 32.1. The van der Waals surface area contributed by atoms with E-state index in [-0.39, 0.29) is 17.6 Å². The standard InChI is InChI=1S/C20H36N4O5S/c1-5-12(4)16(21)18(26)22-13(9-11(2)3)17(25)23-14(10-30)19(27)24-8-6-7-15(24)20(28)29/h11-16,30H,5-10,21H2,1-4H3,(H,22,26)(H,23,25)(H,28,29). The van der Waals surface area contributed by atoms with Crippen LogP contribution >= 0.6 is 12.6 Å². The van der Waals surface area contributed by atoms with Gasteiger partial charge in [0, 0.05) is 12.3 Å². The molecular formula is C20H36N4O5S. The van der Waals surface area contributed by atoms with Crippen LogP contribution < -0.4 is 16.4 Å². The summed E-state index contributed by atoms with van der Waals surface area (Å²) in [6.45, 7) is 7.97. The molecule has 1 rings (SSSR count). The lowest BCUT2D eigenvalue weighted by Gasteiger charge is -2.29. The monoisotopic (exact) mass is 444 g/mol. The van der Waals surface area contributed by atoms with Gasteiger partial charge < -0.3 is 26.4 Å². The number of carboxylic acids is 1. The Morgan fingerprint density at radius 2 is 1.73 bits per heavy atom. The van der Waals surface area contributed by atoms with Crippen LogP contribution in [0.3, 0.4) is 0 Å². The topological polar surface area (TPSA) is 142 Å². The first-order valence-corrected chi connectivity index (χ1v) is 11.2. The fraction of sp³-hybridized carbons (Fsp3) is 0.800. The van der Waals surface area contributed by atoms with Crippen molar-refractivity contribution in [1.82, 2.24) is 15.5 Å². The van der Waals surface area contributed by atoms with Crippen molar-refractivity contribution in [3.8, 4) is 0 Å². The SMILES string of the molecule is CCC(C)C(N)C(=O)NC(CC(C)C)C(=O)NC(CS)C(=O)N1CCCC1C(=O)O. The minimum absolute atomic E-state index is 0.0160. The summed E-state index contributed by atoms with van der Waals surface area (Å²) >= 11 is 4.17. The van der Waals surface area contributed by atoms with Crippen molar-refractivity contribution in [3.63, 3.8) is 0 Å². The van der Waals surface area contributed by atoms with Crippen LogP contribution in [-0.2, 0) is 19.2 Å². The van der Waals surface area contributed by atoms with Crippen molar-refractivity contribution in [2.75, 3.05) is 12.3 Å². The van der Waals surface area contributed by atoms with E-state index < -0.39 is 47.9 Å². The zero-order valence-electron chi connectivity index (χ0n) is 18.3. The van der Waals surface area contributed by atoms with Gasteiger partial charge in [-0.3, -0.25) is 14.4 Å². The normalized spacial score (nSPS) is 20.4. The number of likely N-dealkylation sites (tertiary alicyclic amines) is 1. The third-order valence-corrected chi connectivity index (χ3v) is 5.88. The van der Waals surface area contributed by atoms with Crippen molar-refractivity contribution in [1.29, 1.82) is 0 Å². The van der Waals surface area contributed by atoms with Gasteiger partial charge in [-0.2, -0.15) is 12.6 Å². The number of carbonyl (C=O) groups is 4. The Bertz CT molecular complexity index is 630. The van der Waals surface area contributed by atoms with Crippen LogP contribution in [0.2, 0.25) is 0 Å². The maximum Gasteiger partial charge on any atom is 0.326 e. The van der Waals surface area contributed by atoms with Gasteiger partial charge in [-0.1, -0.05) is 34.1 Å². The van der Waals surface area contributed by atoms with Gasteiger partial charge >= 0.3 is 5.97 Å². The fourth-order valence-corrected chi connectivity index (χ4v) is 3.68. The van der Waals surface area contributed by atoms with Crippen molar-refractivity contribution in [3.05, 3.63) is 0 Å². The minimum atomic E-state index is -1.06. The molecular weight excluding hydrogens is 408 g/mol. The summed E-state index contributed by atoms with van der Waals surface area (Å²) in [6, 6.07) is -3.45. The number of thiol groups is 1. The lowest BCUT2D eigenvalue weighted by Crippen LogP contribution is -2.58. The minimum Gasteiger partial charge on any atom is -0.480 e. The molecule has 0 aromatic heterocycles. The first-order chi connectivity index (χ1) is 14.0. The van der Waals surface area contributed by atoms with E-state index in [4.69, 9.17) is 5.73 Å². The maximum atomic E-state index is 12.9. The molecule has 0 radical (unpaired) electrons. The molecule has 0 aromatic rings. The highest BCUT2D eigenvalue weighted by molar-refractivity contribution is 7.80. The first-order valence-electron chi connectivity index (χ1n) is 10.5. The number of hydrogen-bond acceptors (Lipinski definition) is 6. The van der Waals surface area contributed by atoms with E-state index in [2.05, 4.69) is 23.3 Å². The summed E-state index contributed by atoms with van der Waals surface area (Å²) in [6.07, 6.45) is 2.08. The molecule has 0 saturated carbocycles. The van der Waals surface area contributed by atoms with Gasteiger partial charge in [-0.05, 0) is 31.1 Å². The van der Waals surface area contributed by atoms with E-state index in [1.807, 2.05) is 27.7 Å². The highest BCUT2D eigenvalue weighted by Gasteiger charge is 2.38. The Hall–Kier alpha value is -1.81. The Morgan fingerprint density at radius 1 is 1.13 bits per heavy atom. The number of rotatable bonds is 11. The molecule has 1 heterocycles. The Labute approximate surface area is 183 Å². The van der Waals surface area contributed by atoms with Crippen LogP contribution in [0.15, 0.2) is 0 Å². The predicted molar refractivity (Wildman–Crippen MR) is 117 cm³/mol. The van der Waals surface area contributed by atoms with Gasteiger partial charge in [-0.15, -0.1) is 0 Å². The number of aliphatic carboxylic acids is 1. The quantitative estimate of drug-likeness (QED) is 0.292. The summed E-state index contributed by atoms with van der Waals surface area (Å²) in [5, 5.41) is 14.7. The van der Waals surface area contributed by atoms with Crippen LogP contribution in [0.1, 0.15) is 53.4 Å². The van der Waals surface area contributed by atoms with Crippen LogP contribution in [-0.4, -0.2) is 70.2 Å². The summed E-state index contributed by atoms with van der Waals surface area (Å²) in [7, 11) is 0. The average molecular weight is 445 g/mol. The van der Waals surface area contributed by atoms with Crippen molar-refractivity contribution < 1.29 is 24.3 Å². The molecule has 9 nitrogen and oxygen atoms in total. The third-order valence-electron chi connectivity index (χ3n) is 5.52. The van der Waals surface area contributed by atoms with E-state index in [0.717, 1.165) is 6.42 Å². The van der Waals surface area contributed by atoms with Crippen molar-refractivity contribution >= 4 is 36.3 Å². The molecule has 5 N–H and O–H groups in total. The molecule has 10 heteroatoms. The molecule has 0 spiro atoms. The lowest BCUT2D eigenvalue weighted by atomic mass is 9.97. The average Bonchev–Trinajstić information content (AvgIpc) is 3.19. The molecule has 1 aliphatic rings. The Kier molecular flexibility index (Phi) is 10.6. The van der Waals surface area contributed by atoms with Gasteiger partial charge in [0.1, 0.15) is 18.1 Å². The fourth-order valence-electron chi connectivity index (χ4n) is 3.43. The summed E-state index contributed by atoms with van der Waals surface area (Å²) in [4.78, 5) is 50.9. The van der Waals surface area contributed by atoms with Crippen LogP contribution in [0.4, 0.5) is 0 Å². The number of carboxylic acid groups (broad SMARTS) is 1. The lowest BCUT2D eigenvalue weighted by molar-refractivity contribution is -0.149. The molecule has 1 saturated heterocycles. The summed E-state index contributed by atoms with van der Waals surface area (Å²) in [5.74, 6) is -2.37. The zero-order chi connectivity index (χ0) is 23.0. The van der Waals surface area contributed by atoms with E-state index in [9.17, 15) is 24.3 Å². The molecule has 3 amide bonds. The Balaban J connectivity index is 2.88. The van der Waals surface area contributed by atoms with Crippen LogP contribution in [0.25, 0.3) is 0 Å². The molecule has 0 aromatic carbocycles. The van der Waals surface area contributed by atoms with Crippen LogP contribution in [0.5, 0.6) is 0 Å². The number of nitrogens with two attached hydrogens (primary N) is 1. The number of nitrogens with one attached hydrogen (secondary N) is 2. The highest BCUT2D eigenvalue weighted by Crippen LogP contribution is 2.19. The predicted octanol–water partition coefficient (Wildman–Crippen LogP) is 0.381. The molecule has 1 fully saturated rings. The summed E-state index contributed by atoms with van der Waals surface area (Å²) < 4.78 is 0. The van der Waals surface area contributed by atoms with E-state index >= 15 is 0 Å². The first kappa shape index (κ1) is 26.2. The third kappa shape index (κ3) is 7.16. The van der Waals surface area contributed by atoms with Crippen molar-refractivity contribution in [2.45, 2.75) is 77.5 Å². The molecule has 172 valence electrons. The second-order valence-electron chi connectivity index (χ2n) is 8.37. The molecule has 5 unspecified atom stereocenters. The molecule has 5 atom stereocenters. The van der Waals surface area contributed by atoms with Gasteiger partial charge in [-0.25, -0.2) is 4.79 Å². The molecule has 0 aliphatic carbocycles. The largest absolute Gasteiger partial charge is 0.480 e. The smallest absolute Gasteiger partial charge is 0.326 e. The van der Waals surface area contributed by atoms with E-state index in [1.54, 1.807) is 0 Å². The maximum absolute atomic E-state index is 12.9. The molecule has 0 bridgehead atoms. The number of nitrogens with zero attached hydrogens (tertiary/aromatic N) is 1. The zero-order valence-corrected chi connectivity index (χ0v) is 19.2. The van der Waals surface area contributed by atoms with Crippen LogP contribution in [0, 0.1) is 11.8 Å². The second-order valence-corrected chi connectivity index (χ2v) is 8.74. The molecule has 1 aliphatic heterocycles.